The molecule has 1 aromatic carbocycles. The quantitative estimate of drug-likeness (QED) is 0.720. The van der Waals surface area contributed by atoms with Crippen LogP contribution in [0.15, 0.2) is 30.9 Å². The predicted molar refractivity (Wildman–Crippen MR) is 98.2 cm³/mol. The van der Waals surface area contributed by atoms with E-state index >= 15 is 0 Å². The van der Waals surface area contributed by atoms with Crippen LogP contribution in [0, 0.1) is 11.8 Å². The van der Waals surface area contributed by atoms with E-state index in [-0.39, 0.29) is 5.91 Å². The van der Waals surface area contributed by atoms with Gasteiger partial charge in [-0.2, -0.15) is 0 Å². The highest BCUT2D eigenvalue weighted by Crippen LogP contribution is 2.34. The van der Waals surface area contributed by atoms with Crippen LogP contribution in [0.4, 0.5) is 0 Å². The first kappa shape index (κ1) is 19.8. The van der Waals surface area contributed by atoms with Crippen LogP contribution < -0.4 is 9.47 Å². The molecule has 6 heteroatoms. The predicted octanol–water partition coefficient (Wildman–Crippen LogP) is 3.11. The number of hydrogen-bond donors (Lipinski definition) is 1. The second-order valence-electron chi connectivity index (χ2n) is 6.50. The van der Waals surface area contributed by atoms with Gasteiger partial charge in [-0.1, -0.05) is 31.1 Å². The van der Waals surface area contributed by atoms with E-state index in [1.165, 1.54) is 0 Å². The van der Waals surface area contributed by atoms with Crippen LogP contribution in [-0.4, -0.2) is 42.6 Å². The van der Waals surface area contributed by atoms with Gasteiger partial charge >= 0.3 is 5.97 Å². The van der Waals surface area contributed by atoms with Crippen LogP contribution in [-0.2, 0) is 16.1 Å². The summed E-state index contributed by atoms with van der Waals surface area (Å²) in [4.78, 5) is 26.3. The number of methoxy groups -OCH3 is 2. The van der Waals surface area contributed by atoms with Crippen molar-refractivity contribution in [1.29, 1.82) is 0 Å². The van der Waals surface area contributed by atoms with E-state index in [9.17, 15) is 14.7 Å². The summed E-state index contributed by atoms with van der Waals surface area (Å²) in [6.07, 6.45) is 4.55. The Morgan fingerprint density at radius 3 is 2.50 bits per heavy atom. The zero-order valence-corrected chi connectivity index (χ0v) is 15.4. The highest BCUT2D eigenvalue weighted by Gasteiger charge is 2.37. The maximum atomic E-state index is 13.1. The van der Waals surface area contributed by atoms with Crippen molar-refractivity contribution in [2.45, 2.75) is 32.2 Å². The first-order chi connectivity index (χ1) is 12.5. The van der Waals surface area contributed by atoms with Crippen molar-refractivity contribution in [3.8, 4) is 11.5 Å². The smallest absolute Gasteiger partial charge is 0.307 e. The van der Waals surface area contributed by atoms with Gasteiger partial charge in [0.05, 0.1) is 26.1 Å². The minimum atomic E-state index is -0.888. The fraction of sp³-hybridized carbons (Fsp3) is 0.500. The number of carboxylic acids is 1. The van der Waals surface area contributed by atoms with Crippen LogP contribution in [0.5, 0.6) is 11.5 Å². The summed E-state index contributed by atoms with van der Waals surface area (Å²) in [6.45, 7) is 4.40. The number of rotatable bonds is 8. The Hall–Kier alpha value is -2.50. The van der Waals surface area contributed by atoms with Gasteiger partial charge in [0.1, 0.15) is 0 Å². The molecule has 0 heterocycles. The van der Waals surface area contributed by atoms with Crippen molar-refractivity contribution in [2.24, 2.45) is 11.8 Å². The lowest BCUT2D eigenvalue weighted by Crippen LogP contribution is -2.42. The highest BCUT2D eigenvalue weighted by atomic mass is 16.5. The summed E-state index contributed by atoms with van der Waals surface area (Å²) >= 11 is 0. The highest BCUT2D eigenvalue weighted by molar-refractivity contribution is 5.85. The normalized spacial score (nSPS) is 19.5. The second kappa shape index (κ2) is 9.27. The molecule has 6 nitrogen and oxygen atoms in total. The van der Waals surface area contributed by atoms with E-state index in [1.807, 2.05) is 12.1 Å². The van der Waals surface area contributed by atoms with Crippen molar-refractivity contribution in [3.63, 3.8) is 0 Å². The van der Waals surface area contributed by atoms with Gasteiger partial charge in [-0.15, -0.1) is 6.58 Å². The van der Waals surface area contributed by atoms with Gasteiger partial charge in [-0.05, 0) is 18.9 Å². The molecule has 0 bridgehead atoms. The third-order valence-electron chi connectivity index (χ3n) is 4.91. The summed E-state index contributed by atoms with van der Waals surface area (Å²) < 4.78 is 10.8. The first-order valence-electron chi connectivity index (χ1n) is 8.85. The van der Waals surface area contributed by atoms with Crippen LogP contribution in [0.3, 0.4) is 0 Å². The van der Waals surface area contributed by atoms with Gasteiger partial charge in [0, 0.05) is 18.7 Å². The number of carbonyl (C=O) groups is 2. The minimum Gasteiger partial charge on any atom is -0.493 e. The third kappa shape index (κ3) is 4.36. The Morgan fingerprint density at radius 2 is 1.92 bits per heavy atom. The molecule has 2 atom stereocenters. The Morgan fingerprint density at radius 1 is 1.23 bits per heavy atom. The molecule has 1 aliphatic rings. The summed E-state index contributed by atoms with van der Waals surface area (Å²) in [5.41, 5.74) is 0.810. The Labute approximate surface area is 154 Å². The molecule has 0 aliphatic heterocycles. The Bertz CT molecular complexity index is 658. The molecule has 1 amide bonds. The lowest BCUT2D eigenvalue weighted by atomic mass is 9.78. The molecule has 0 spiro atoms. The average Bonchev–Trinajstić information content (AvgIpc) is 2.66. The molecular weight excluding hydrogens is 334 g/mol. The molecule has 2 rings (SSSR count). The molecular formula is C20H27NO5. The van der Waals surface area contributed by atoms with Gasteiger partial charge < -0.3 is 19.5 Å². The van der Waals surface area contributed by atoms with Gasteiger partial charge in [-0.3, -0.25) is 9.59 Å². The molecule has 1 aliphatic carbocycles. The summed E-state index contributed by atoms with van der Waals surface area (Å²) in [5.74, 6) is -0.955. The second-order valence-corrected chi connectivity index (χ2v) is 6.50. The van der Waals surface area contributed by atoms with Gasteiger partial charge in [0.2, 0.25) is 5.91 Å². The zero-order chi connectivity index (χ0) is 19.1. The first-order valence-corrected chi connectivity index (χ1v) is 8.85. The molecule has 1 saturated carbocycles. The van der Waals surface area contributed by atoms with E-state index in [0.29, 0.717) is 37.4 Å². The molecule has 1 fully saturated rings. The van der Waals surface area contributed by atoms with Crippen LogP contribution >= 0.6 is 0 Å². The number of benzene rings is 1. The Balaban J connectivity index is 2.27. The number of aliphatic carboxylic acids is 1. The summed E-state index contributed by atoms with van der Waals surface area (Å²) in [7, 11) is 3.12. The van der Waals surface area contributed by atoms with E-state index in [4.69, 9.17) is 9.47 Å². The van der Waals surface area contributed by atoms with E-state index < -0.39 is 17.8 Å². The fourth-order valence-corrected chi connectivity index (χ4v) is 3.63. The zero-order valence-electron chi connectivity index (χ0n) is 15.4. The monoisotopic (exact) mass is 361 g/mol. The number of hydrogen-bond acceptors (Lipinski definition) is 4. The van der Waals surface area contributed by atoms with E-state index in [1.54, 1.807) is 31.3 Å². The molecule has 0 aromatic heterocycles. The standard InChI is InChI=1S/C20H27NO5/c1-4-12-21(13-14-8-7-11-17(25-2)18(14)26-3)19(22)15-9-5-6-10-16(15)20(23)24/h4,7-8,11,15-16H,1,5-6,9-10,12-13H2,2-3H3,(H,23,24). The lowest BCUT2D eigenvalue weighted by molar-refractivity contribution is -0.152. The number of carbonyl (C=O) groups excluding carboxylic acids is 1. The number of carboxylic acid groups (broad SMARTS) is 1. The topological polar surface area (TPSA) is 76.1 Å². The van der Waals surface area contributed by atoms with E-state index in [0.717, 1.165) is 18.4 Å². The minimum absolute atomic E-state index is 0.137. The maximum absolute atomic E-state index is 13.1. The number of amides is 1. The van der Waals surface area contributed by atoms with Gasteiger partial charge in [-0.25, -0.2) is 0 Å². The van der Waals surface area contributed by atoms with Crippen LogP contribution in [0.2, 0.25) is 0 Å². The van der Waals surface area contributed by atoms with Crippen LogP contribution in [0.25, 0.3) is 0 Å². The van der Waals surface area contributed by atoms with Crippen LogP contribution in [0.1, 0.15) is 31.2 Å². The number of para-hydroxylation sites is 1. The van der Waals surface area contributed by atoms with Crippen molar-refractivity contribution < 1.29 is 24.2 Å². The SMILES string of the molecule is C=CCN(Cc1cccc(OC)c1OC)C(=O)C1CCCCC1C(=O)O. The Kier molecular flexibility index (Phi) is 7.06. The third-order valence-corrected chi connectivity index (χ3v) is 4.91. The lowest BCUT2D eigenvalue weighted by Gasteiger charge is -2.32. The molecule has 1 aromatic rings. The summed E-state index contributed by atoms with van der Waals surface area (Å²) in [6, 6.07) is 5.51. The maximum Gasteiger partial charge on any atom is 0.307 e. The largest absolute Gasteiger partial charge is 0.493 e. The van der Waals surface area contributed by atoms with Crippen molar-refractivity contribution in [3.05, 3.63) is 36.4 Å². The molecule has 1 N–H and O–H groups in total. The molecule has 0 radical (unpaired) electrons. The average molecular weight is 361 g/mol. The van der Waals surface area contributed by atoms with E-state index in [2.05, 4.69) is 6.58 Å². The number of ether oxygens (including phenoxy) is 2. The molecule has 0 saturated heterocycles. The molecule has 26 heavy (non-hydrogen) atoms. The van der Waals surface area contributed by atoms with Gasteiger partial charge in [0.15, 0.2) is 11.5 Å². The fourth-order valence-electron chi connectivity index (χ4n) is 3.63. The van der Waals surface area contributed by atoms with Crippen molar-refractivity contribution in [2.75, 3.05) is 20.8 Å². The van der Waals surface area contributed by atoms with Gasteiger partial charge in [0.25, 0.3) is 0 Å². The van der Waals surface area contributed by atoms with Crippen molar-refractivity contribution in [1.82, 2.24) is 4.90 Å². The molecule has 2 unspecified atom stereocenters. The molecule has 142 valence electrons. The summed E-state index contributed by atoms with van der Waals surface area (Å²) in [5, 5.41) is 9.48. The number of nitrogens with zero attached hydrogens (tertiary/aromatic N) is 1. The van der Waals surface area contributed by atoms with Crippen molar-refractivity contribution >= 4 is 11.9 Å².